The van der Waals surface area contributed by atoms with Crippen LogP contribution in [0.2, 0.25) is 5.02 Å². The van der Waals surface area contributed by atoms with Gasteiger partial charge < -0.3 is 15.0 Å². The van der Waals surface area contributed by atoms with Crippen molar-refractivity contribution in [3.63, 3.8) is 0 Å². The number of amides is 2. The van der Waals surface area contributed by atoms with Crippen molar-refractivity contribution in [1.82, 2.24) is 0 Å². The Morgan fingerprint density at radius 1 is 1.18 bits per heavy atom. The largest absolute Gasteiger partial charge is 0.455 e. The molecule has 0 saturated carbocycles. The van der Waals surface area contributed by atoms with Gasteiger partial charge in [-0.3, -0.25) is 14.4 Å². The van der Waals surface area contributed by atoms with E-state index in [4.69, 9.17) is 16.3 Å². The Balaban J connectivity index is 1.53. The molecule has 1 heterocycles. The molecule has 0 bridgehead atoms. The van der Waals surface area contributed by atoms with Crippen LogP contribution in [-0.2, 0) is 19.1 Å². The first-order valence-electron chi connectivity index (χ1n) is 8.93. The minimum absolute atomic E-state index is 0.0557. The standard InChI is InChI=1S/C21H21ClN2O4/c1-13-3-8-18(14(2)9-13)23-19(25)12-28-21(27)15-10-20(26)24(11-15)17-6-4-16(22)5-7-17/h3-9,15H,10-12H2,1-2H3,(H,23,25)/t15-/m0/s1. The number of esters is 1. The molecule has 146 valence electrons. The molecule has 6 nitrogen and oxygen atoms in total. The molecule has 28 heavy (non-hydrogen) atoms. The van der Waals surface area contributed by atoms with Gasteiger partial charge in [0.15, 0.2) is 6.61 Å². The van der Waals surface area contributed by atoms with Crippen LogP contribution in [0, 0.1) is 19.8 Å². The number of halogens is 1. The molecule has 0 unspecified atom stereocenters. The number of benzene rings is 2. The maximum Gasteiger partial charge on any atom is 0.311 e. The summed E-state index contributed by atoms with van der Waals surface area (Å²) in [7, 11) is 0. The minimum Gasteiger partial charge on any atom is -0.455 e. The van der Waals surface area contributed by atoms with Crippen molar-refractivity contribution in [2.24, 2.45) is 5.92 Å². The molecular weight excluding hydrogens is 380 g/mol. The van der Waals surface area contributed by atoms with Gasteiger partial charge in [-0.05, 0) is 49.7 Å². The molecule has 1 aliphatic rings. The SMILES string of the molecule is Cc1ccc(NC(=O)COC(=O)[C@H]2CC(=O)N(c3ccc(Cl)cc3)C2)c(C)c1. The molecule has 2 amide bonds. The summed E-state index contributed by atoms with van der Waals surface area (Å²) in [5.74, 6) is -1.74. The van der Waals surface area contributed by atoms with Crippen molar-refractivity contribution in [3.05, 3.63) is 58.6 Å². The highest BCUT2D eigenvalue weighted by molar-refractivity contribution is 6.30. The summed E-state index contributed by atoms with van der Waals surface area (Å²) in [5, 5.41) is 3.30. The maximum atomic E-state index is 12.3. The topological polar surface area (TPSA) is 75.7 Å². The Bertz CT molecular complexity index is 911. The summed E-state index contributed by atoms with van der Waals surface area (Å²) in [5.41, 5.74) is 3.38. The number of nitrogens with one attached hydrogen (secondary N) is 1. The molecule has 0 spiro atoms. The third-order valence-corrected chi connectivity index (χ3v) is 4.85. The van der Waals surface area contributed by atoms with Gasteiger partial charge in [-0.15, -0.1) is 0 Å². The fourth-order valence-electron chi connectivity index (χ4n) is 3.13. The Morgan fingerprint density at radius 3 is 2.57 bits per heavy atom. The molecule has 0 radical (unpaired) electrons. The van der Waals surface area contributed by atoms with E-state index in [0.717, 1.165) is 11.1 Å². The number of rotatable bonds is 5. The van der Waals surface area contributed by atoms with Gasteiger partial charge in [0.05, 0.1) is 5.92 Å². The van der Waals surface area contributed by atoms with Crippen LogP contribution in [0.1, 0.15) is 17.5 Å². The number of nitrogens with zero attached hydrogens (tertiary/aromatic N) is 1. The smallest absolute Gasteiger partial charge is 0.311 e. The number of hydrogen-bond acceptors (Lipinski definition) is 4. The van der Waals surface area contributed by atoms with Crippen molar-refractivity contribution in [3.8, 4) is 0 Å². The molecular formula is C21H21ClN2O4. The highest BCUT2D eigenvalue weighted by atomic mass is 35.5. The van der Waals surface area contributed by atoms with E-state index >= 15 is 0 Å². The molecule has 1 N–H and O–H groups in total. The van der Waals surface area contributed by atoms with Crippen molar-refractivity contribution in [2.45, 2.75) is 20.3 Å². The van der Waals surface area contributed by atoms with Gasteiger partial charge in [0.2, 0.25) is 5.91 Å². The van der Waals surface area contributed by atoms with E-state index in [9.17, 15) is 14.4 Å². The average molecular weight is 401 g/mol. The van der Waals surface area contributed by atoms with Crippen LogP contribution in [0.5, 0.6) is 0 Å². The van der Waals surface area contributed by atoms with Gasteiger partial charge in [0.25, 0.3) is 5.91 Å². The molecule has 1 fully saturated rings. The summed E-state index contributed by atoms with van der Waals surface area (Å²) in [6.07, 6.45) is 0.0557. The van der Waals surface area contributed by atoms with E-state index in [-0.39, 0.29) is 18.9 Å². The van der Waals surface area contributed by atoms with E-state index in [1.807, 2.05) is 32.0 Å². The monoisotopic (exact) mass is 400 g/mol. The fourth-order valence-corrected chi connectivity index (χ4v) is 3.26. The molecule has 3 rings (SSSR count). The molecule has 7 heteroatoms. The summed E-state index contributed by atoms with van der Waals surface area (Å²) in [6.45, 7) is 3.69. The lowest BCUT2D eigenvalue weighted by Gasteiger charge is -2.16. The fraction of sp³-hybridized carbons (Fsp3) is 0.286. The predicted molar refractivity (Wildman–Crippen MR) is 107 cm³/mol. The normalized spacial score (nSPS) is 16.2. The third kappa shape index (κ3) is 4.70. The van der Waals surface area contributed by atoms with E-state index in [0.29, 0.717) is 16.4 Å². The zero-order chi connectivity index (χ0) is 20.3. The summed E-state index contributed by atoms with van der Waals surface area (Å²) in [4.78, 5) is 38.1. The van der Waals surface area contributed by atoms with Gasteiger partial charge in [-0.2, -0.15) is 0 Å². The minimum atomic E-state index is -0.600. The van der Waals surface area contributed by atoms with Crippen LogP contribution in [0.3, 0.4) is 0 Å². The molecule has 2 aromatic rings. The van der Waals surface area contributed by atoms with Gasteiger partial charge in [-0.1, -0.05) is 29.3 Å². The van der Waals surface area contributed by atoms with Crippen LogP contribution < -0.4 is 10.2 Å². The number of anilines is 2. The second-order valence-electron chi connectivity index (χ2n) is 6.86. The number of aryl methyl sites for hydroxylation is 2. The summed E-state index contributed by atoms with van der Waals surface area (Å²) < 4.78 is 5.12. The number of carbonyl (C=O) groups excluding carboxylic acids is 3. The first-order chi connectivity index (χ1) is 13.3. The summed E-state index contributed by atoms with van der Waals surface area (Å²) >= 11 is 5.86. The molecule has 1 atom stereocenters. The number of hydrogen-bond donors (Lipinski definition) is 1. The molecule has 0 aromatic heterocycles. The van der Waals surface area contributed by atoms with Crippen molar-refractivity contribution >= 4 is 40.8 Å². The van der Waals surface area contributed by atoms with E-state index in [1.165, 1.54) is 4.90 Å². The van der Waals surface area contributed by atoms with Gasteiger partial charge >= 0.3 is 5.97 Å². The first kappa shape index (κ1) is 19.9. The van der Waals surface area contributed by atoms with Gasteiger partial charge in [-0.25, -0.2) is 0 Å². The highest BCUT2D eigenvalue weighted by Gasteiger charge is 2.36. The lowest BCUT2D eigenvalue weighted by molar-refractivity contribution is -0.151. The quantitative estimate of drug-likeness (QED) is 0.779. The zero-order valence-electron chi connectivity index (χ0n) is 15.7. The van der Waals surface area contributed by atoms with Crippen molar-refractivity contribution in [2.75, 3.05) is 23.4 Å². The second kappa shape index (κ2) is 8.44. The van der Waals surface area contributed by atoms with E-state index < -0.39 is 24.4 Å². The summed E-state index contributed by atoms with van der Waals surface area (Å²) in [6, 6.07) is 12.5. The molecule has 2 aromatic carbocycles. The third-order valence-electron chi connectivity index (χ3n) is 4.60. The van der Waals surface area contributed by atoms with Crippen molar-refractivity contribution in [1.29, 1.82) is 0 Å². The average Bonchev–Trinajstić information content (AvgIpc) is 3.04. The van der Waals surface area contributed by atoms with Crippen molar-refractivity contribution < 1.29 is 19.1 Å². The Labute approximate surface area is 168 Å². The predicted octanol–water partition coefficient (Wildman–Crippen LogP) is 3.49. The second-order valence-corrected chi connectivity index (χ2v) is 7.29. The molecule has 0 aliphatic carbocycles. The molecule has 1 aliphatic heterocycles. The Kier molecular flexibility index (Phi) is 5.99. The maximum absolute atomic E-state index is 12.3. The van der Waals surface area contributed by atoms with Crippen LogP contribution in [0.15, 0.2) is 42.5 Å². The lowest BCUT2D eigenvalue weighted by Crippen LogP contribution is -2.28. The van der Waals surface area contributed by atoms with E-state index in [2.05, 4.69) is 5.32 Å². The number of carbonyl (C=O) groups is 3. The first-order valence-corrected chi connectivity index (χ1v) is 9.31. The molecule has 1 saturated heterocycles. The van der Waals surface area contributed by atoms with Crippen LogP contribution in [0.4, 0.5) is 11.4 Å². The highest BCUT2D eigenvalue weighted by Crippen LogP contribution is 2.27. The van der Waals surface area contributed by atoms with Gasteiger partial charge in [0.1, 0.15) is 0 Å². The van der Waals surface area contributed by atoms with Crippen LogP contribution in [-0.4, -0.2) is 30.9 Å². The lowest BCUT2D eigenvalue weighted by atomic mass is 10.1. The Morgan fingerprint density at radius 2 is 1.89 bits per heavy atom. The van der Waals surface area contributed by atoms with E-state index in [1.54, 1.807) is 24.3 Å². The number of ether oxygens (including phenoxy) is 1. The van der Waals surface area contributed by atoms with Crippen LogP contribution >= 0.6 is 11.6 Å². The Hall–Kier alpha value is -2.86. The van der Waals surface area contributed by atoms with Crippen LogP contribution in [0.25, 0.3) is 0 Å². The van der Waals surface area contributed by atoms with Gasteiger partial charge in [0, 0.05) is 29.4 Å². The zero-order valence-corrected chi connectivity index (χ0v) is 16.5.